The van der Waals surface area contributed by atoms with E-state index in [4.69, 9.17) is 11.7 Å². The van der Waals surface area contributed by atoms with E-state index in [2.05, 4.69) is 25.0 Å². The molecule has 0 spiro atoms. The van der Waals surface area contributed by atoms with Crippen LogP contribution in [0, 0.1) is 6.92 Å². The average Bonchev–Trinajstić information content (AvgIpc) is 2.18. The summed E-state index contributed by atoms with van der Waals surface area (Å²) in [6, 6.07) is 6.03. The Morgan fingerprint density at radius 2 is 2.21 bits per heavy atom. The third kappa shape index (κ3) is 2.23. The minimum absolute atomic E-state index is 0.883. The van der Waals surface area contributed by atoms with E-state index in [-0.39, 0.29) is 0 Å². The smallest absolute Gasteiger partial charge is 0.129 e. The van der Waals surface area contributed by atoms with Crippen LogP contribution in [0.15, 0.2) is 23.3 Å². The third-order valence-corrected chi connectivity index (χ3v) is 2.20. The highest BCUT2D eigenvalue weighted by atomic mass is 15.4. The summed E-state index contributed by atoms with van der Waals surface area (Å²) < 4.78 is 0. The SMILES string of the molecule is CCc1ccc(N(N)/C=N\N)cc1C. The molecule has 0 amide bonds. The molecule has 0 aliphatic heterocycles. The van der Waals surface area contributed by atoms with Crippen LogP contribution in [0.4, 0.5) is 5.69 Å². The number of hydrazone groups is 1. The molecule has 4 N–H and O–H groups in total. The first kappa shape index (κ1) is 10.5. The van der Waals surface area contributed by atoms with Crippen molar-refractivity contribution in [1.29, 1.82) is 0 Å². The number of anilines is 1. The molecule has 4 heteroatoms. The van der Waals surface area contributed by atoms with Crippen LogP contribution in [0.5, 0.6) is 0 Å². The molecule has 0 aliphatic rings. The number of nitrogens with zero attached hydrogens (tertiary/aromatic N) is 2. The lowest BCUT2D eigenvalue weighted by Crippen LogP contribution is -2.29. The molecule has 1 aromatic carbocycles. The van der Waals surface area contributed by atoms with Crippen LogP contribution >= 0.6 is 0 Å². The lowest BCUT2D eigenvalue weighted by Gasteiger charge is -2.14. The number of rotatable bonds is 3. The first-order valence-electron chi connectivity index (χ1n) is 4.56. The van der Waals surface area contributed by atoms with Crippen molar-refractivity contribution in [3.63, 3.8) is 0 Å². The molecular weight excluding hydrogens is 176 g/mol. The number of hydrogen-bond acceptors (Lipinski definition) is 3. The van der Waals surface area contributed by atoms with Crippen molar-refractivity contribution in [3.05, 3.63) is 29.3 Å². The molecule has 0 fully saturated rings. The molecule has 0 saturated heterocycles. The maximum Gasteiger partial charge on any atom is 0.129 e. The van der Waals surface area contributed by atoms with Crippen LogP contribution in [0.3, 0.4) is 0 Å². The second-order valence-electron chi connectivity index (χ2n) is 3.14. The molecule has 76 valence electrons. The number of benzene rings is 1. The Kier molecular flexibility index (Phi) is 3.48. The van der Waals surface area contributed by atoms with Gasteiger partial charge in [-0.3, -0.25) is 5.01 Å². The van der Waals surface area contributed by atoms with Crippen LogP contribution in [-0.4, -0.2) is 6.34 Å². The van der Waals surface area contributed by atoms with Gasteiger partial charge in [0.2, 0.25) is 0 Å². The largest absolute Gasteiger partial charge is 0.322 e. The number of hydrazine groups is 1. The highest BCUT2D eigenvalue weighted by Crippen LogP contribution is 2.16. The fraction of sp³-hybridized carbons (Fsp3) is 0.300. The topological polar surface area (TPSA) is 67.6 Å². The molecule has 0 radical (unpaired) electrons. The molecule has 0 aliphatic carbocycles. The number of nitrogens with two attached hydrogens (primary N) is 2. The van der Waals surface area contributed by atoms with Gasteiger partial charge in [-0.2, -0.15) is 5.10 Å². The fourth-order valence-corrected chi connectivity index (χ4v) is 1.38. The lowest BCUT2D eigenvalue weighted by atomic mass is 10.1. The lowest BCUT2D eigenvalue weighted by molar-refractivity contribution is 1.08. The average molecular weight is 192 g/mol. The molecule has 0 saturated carbocycles. The zero-order valence-electron chi connectivity index (χ0n) is 8.57. The summed E-state index contributed by atoms with van der Waals surface area (Å²) >= 11 is 0. The van der Waals surface area contributed by atoms with Gasteiger partial charge in [0.1, 0.15) is 6.34 Å². The van der Waals surface area contributed by atoms with Gasteiger partial charge in [-0.25, -0.2) is 5.84 Å². The molecular formula is C10H16N4. The Labute approximate surface area is 84.2 Å². The van der Waals surface area contributed by atoms with E-state index in [1.165, 1.54) is 22.5 Å². The molecule has 0 heterocycles. The Bertz CT molecular complexity index is 333. The van der Waals surface area contributed by atoms with E-state index in [0.717, 1.165) is 12.1 Å². The molecule has 0 unspecified atom stereocenters. The normalized spacial score (nSPS) is 10.8. The van der Waals surface area contributed by atoms with E-state index < -0.39 is 0 Å². The van der Waals surface area contributed by atoms with E-state index in [1.807, 2.05) is 12.1 Å². The number of aryl methyl sites for hydroxylation is 2. The molecule has 1 aromatic rings. The summed E-state index contributed by atoms with van der Waals surface area (Å²) in [6.07, 6.45) is 2.40. The van der Waals surface area contributed by atoms with Gasteiger partial charge in [-0.05, 0) is 36.6 Å². The van der Waals surface area contributed by atoms with Crippen LogP contribution in [0.2, 0.25) is 0 Å². The molecule has 1 rings (SSSR count). The summed E-state index contributed by atoms with van der Waals surface area (Å²) in [6.45, 7) is 4.19. The summed E-state index contributed by atoms with van der Waals surface area (Å²) in [5.74, 6) is 10.7. The van der Waals surface area contributed by atoms with Gasteiger partial charge in [0.25, 0.3) is 0 Å². The molecule has 14 heavy (non-hydrogen) atoms. The molecule has 0 bridgehead atoms. The van der Waals surface area contributed by atoms with Gasteiger partial charge in [-0.1, -0.05) is 13.0 Å². The Morgan fingerprint density at radius 1 is 1.50 bits per heavy atom. The van der Waals surface area contributed by atoms with Crippen molar-refractivity contribution < 1.29 is 0 Å². The minimum Gasteiger partial charge on any atom is -0.322 e. The predicted octanol–water partition coefficient (Wildman–Crippen LogP) is 1.14. The van der Waals surface area contributed by atoms with Gasteiger partial charge in [0.15, 0.2) is 0 Å². The molecule has 4 nitrogen and oxygen atoms in total. The number of hydrogen-bond donors (Lipinski definition) is 2. The van der Waals surface area contributed by atoms with E-state index >= 15 is 0 Å². The van der Waals surface area contributed by atoms with Crippen LogP contribution in [-0.2, 0) is 6.42 Å². The van der Waals surface area contributed by atoms with Crippen LogP contribution in [0.25, 0.3) is 0 Å². The van der Waals surface area contributed by atoms with Crippen molar-refractivity contribution in [2.45, 2.75) is 20.3 Å². The van der Waals surface area contributed by atoms with Gasteiger partial charge in [0.05, 0.1) is 5.69 Å². The first-order chi connectivity index (χ1) is 6.69. The maximum absolute atomic E-state index is 5.67. The van der Waals surface area contributed by atoms with Crippen molar-refractivity contribution in [1.82, 2.24) is 0 Å². The van der Waals surface area contributed by atoms with E-state index in [0.29, 0.717) is 0 Å². The maximum atomic E-state index is 5.67. The van der Waals surface area contributed by atoms with Crippen molar-refractivity contribution in [3.8, 4) is 0 Å². The van der Waals surface area contributed by atoms with Gasteiger partial charge >= 0.3 is 0 Å². The highest BCUT2D eigenvalue weighted by molar-refractivity contribution is 5.77. The van der Waals surface area contributed by atoms with Crippen molar-refractivity contribution in [2.24, 2.45) is 16.8 Å². The summed E-state index contributed by atoms with van der Waals surface area (Å²) in [5, 5.41) is 4.76. The third-order valence-electron chi connectivity index (χ3n) is 2.20. The quantitative estimate of drug-likeness (QED) is 0.326. The van der Waals surface area contributed by atoms with E-state index in [9.17, 15) is 0 Å². The van der Waals surface area contributed by atoms with E-state index in [1.54, 1.807) is 0 Å². The van der Waals surface area contributed by atoms with Gasteiger partial charge in [0, 0.05) is 0 Å². The summed E-state index contributed by atoms with van der Waals surface area (Å²) in [4.78, 5) is 0. The second-order valence-corrected chi connectivity index (χ2v) is 3.14. The molecule has 0 atom stereocenters. The minimum atomic E-state index is 0.883. The van der Waals surface area contributed by atoms with Crippen LogP contribution in [0.1, 0.15) is 18.1 Å². The van der Waals surface area contributed by atoms with Crippen molar-refractivity contribution >= 4 is 12.0 Å². The summed E-state index contributed by atoms with van der Waals surface area (Å²) in [5.41, 5.74) is 3.44. The Morgan fingerprint density at radius 3 is 2.71 bits per heavy atom. The van der Waals surface area contributed by atoms with Gasteiger partial charge < -0.3 is 5.84 Å². The Balaban J connectivity index is 2.96. The summed E-state index contributed by atoms with van der Waals surface area (Å²) in [7, 11) is 0. The zero-order valence-corrected chi connectivity index (χ0v) is 8.57. The van der Waals surface area contributed by atoms with Gasteiger partial charge in [-0.15, -0.1) is 0 Å². The van der Waals surface area contributed by atoms with Crippen LogP contribution < -0.4 is 16.7 Å². The zero-order chi connectivity index (χ0) is 10.6. The second kappa shape index (κ2) is 4.62. The fourth-order valence-electron chi connectivity index (χ4n) is 1.38. The van der Waals surface area contributed by atoms with Crippen molar-refractivity contribution in [2.75, 3.05) is 5.01 Å². The standard InChI is InChI=1S/C10H16N4/c1-3-9-4-5-10(6-8(9)2)14(12)7-13-11/h4-7H,3,11-12H2,1-2H3/b13-7-. The molecule has 0 aromatic heterocycles. The first-order valence-corrected chi connectivity index (χ1v) is 4.56. The predicted molar refractivity (Wildman–Crippen MR) is 59.9 cm³/mol. The monoisotopic (exact) mass is 192 g/mol. The Hall–Kier alpha value is -1.55. The highest BCUT2D eigenvalue weighted by Gasteiger charge is 2.01.